The summed E-state index contributed by atoms with van der Waals surface area (Å²) in [7, 11) is 0. The minimum absolute atomic E-state index is 0.0476. The molecule has 0 bridgehead atoms. The van der Waals surface area contributed by atoms with Crippen LogP contribution in [0.4, 0.5) is 0 Å². The molecule has 2 N–H and O–H groups in total. The van der Waals surface area contributed by atoms with Crippen LogP contribution in [0.1, 0.15) is 38.5 Å². The third-order valence-corrected chi connectivity index (χ3v) is 4.22. The van der Waals surface area contributed by atoms with Gasteiger partial charge < -0.3 is 15.2 Å². The van der Waals surface area contributed by atoms with E-state index >= 15 is 0 Å². The van der Waals surface area contributed by atoms with Crippen molar-refractivity contribution in [2.75, 3.05) is 19.8 Å². The zero-order valence-electron chi connectivity index (χ0n) is 12.5. The van der Waals surface area contributed by atoms with E-state index in [2.05, 4.69) is 5.32 Å². The molecule has 0 heterocycles. The Morgan fingerprint density at radius 1 is 1.24 bits per heavy atom. The number of carbonyl (C=O) groups is 1. The summed E-state index contributed by atoms with van der Waals surface area (Å²) in [5.74, 6) is 0.884. The van der Waals surface area contributed by atoms with Crippen molar-refractivity contribution in [1.82, 2.24) is 5.32 Å². The Labute approximate surface area is 126 Å². The molecule has 1 saturated carbocycles. The number of hydrogen-bond donors (Lipinski definition) is 2. The molecule has 1 aliphatic rings. The maximum atomic E-state index is 11.8. The van der Waals surface area contributed by atoms with Crippen LogP contribution in [0, 0.1) is 5.41 Å². The monoisotopic (exact) mass is 291 g/mol. The molecule has 0 aromatic heterocycles. The summed E-state index contributed by atoms with van der Waals surface area (Å²) < 4.78 is 5.56. The first kappa shape index (κ1) is 15.8. The van der Waals surface area contributed by atoms with Crippen LogP contribution in [0.5, 0.6) is 5.75 Å². The van der Waals surface area contributed by atoms with Gasteiger partial charge in [0.05, 0.1) is 13.2 Å². The molecule has 4 heteroatoms. The fourth-order valence-corrected chi connectivity index (χ4v) is 2.83. The van der Waals surface area contributed by atoms with Crippen molar-refractivity contribution in [3.8, 4) is 5.75 Å². The van der Waals surface area contributed by atoms with Crippen LogP contribution in [0.3, 0.4) is 0 Å². The molecule has 0 saturated heterocycles. The van der Waals surface area contributed by atoms with Crippen LogP contribution >= 0.6 is 0 Å². The summed E-state index contributed by atoms with van der Waals surface area (Å²) in [6.45, 7) is 1.31. The zero-order chi connectivity index (χ0) is 15.0. The summed E-state index contributed by atoms with van der Waals surface area (Å²) in [5, 5.41) is 12.5. The van der Waals surface area contributed by atoms with Crippen LogP contribution in [-0.4, -0.2) is 30.8 Å². The lowest BCUT2D eigenvalue weighted by Crippen LogP contribution is -2.38. The van der Waals surface area contributed by atoms with Gasteiger partial charge in [-0.15, -0.1) is 0 Å². The number of amides is 1. The number of rotatable bonds is 8. The summed E-state index contributed by atoms with van der Waals surface area (Å²) in [6, 6.07) is 9.62. The van der Waals surface area contributed by atoms with Crippen molar-refractivity contribution in [2.24, 2.45) is 5.41 Å². The second-order valence-electron chi connectivity index (χ2n) is 5.91. The smallest absolute Gasteiger partial charge is 0.220 e. The first-order chi connectivity index (χ1) is 10.2. The predicted octanol–water partition coefficient (Wildman–Crippen LogP) is 2.51. The molecule has 0 unspecified atom stereocenters. The molecule has 4 nitrogen and oxygen atoms in total. The van der Waals surface area contributed by atoms with Crippen molar-refractivity contribution in [2.45, 2.75) is 38.5 Å². The molecular weight excluding hydrogens is 266 g/mol. The number of nitrogens with one attached hydrogen (secondary N) is 1. The maximum Gasteiger partial charge on any atom is 0.220 e. The number of benzene rings is 1. The van der Waals surface area contributed by atoms with Gasteiger partial charge in [-0.1, -0.05) is 31.0 Å². The van der Waals surface area contributed by atoms with Crippen LogP contribution in [0.15, 0.2) is 30.3 Å². The van der Waals surface area contributed by atoms with Gasteiger partial charge in [0.15, 0.2) is 0 Å². The first-order valence-electron chi connectivity index (χ1n) is 7.80. The Morgan fingerprint density at radius 2 is 1.95 bits per heavy atom. The predicted molar refractivity (Wildman–Crippen MR) is 82.2 cm³/mol. The molecular formula is C17H25NO3. The third kappa shape index (κ3) is 5.05. The van der Waals surface area contributed by atoms with E-state index in [0.717, 1.165) is 31.4 Å². The highest BCUT2D eigenvalue weighted by Gasteiger charge is 2.33. The topological polar surface area (TPSA) is 58.6 Å². The van der Waals surface area contributed by atoms with Crippen LogP contribution in [0.25, 0.3) is 0 Å². The SMILES string of the molecule is O=C(CCCOc1ccccc1)NCC1(CO)CCCC1. The third-order valence-electron chi connectivity index (χ3n) is 4.22. The molecule has 1 aromatic rings. The Hall–Kier alpha value is -1.55. The second-order valence-corrected chi connectivity index (χ2v) is 5.91. The van der Waals surface area contributed by atoms with E-state index in [9.17, 15) is 9.90 Å². The van der Waals surface area contributed by atoms with Crippen molar-refractivity contribution in [1.29, 1.82) is 0 Å². The molecule has 1 aromatic carbocycles. The van der Waals surface area contributed by atoms with E-state index in [0.29, 0.717) is 26.0 Å². The van der Waals surface area contributed by atoms with Gasteiger partial charge in [0.2, 0.25) is 5.91 Å². The van der Waals surface area contributed by atoms with E-state index in [1.807, 2.05) is 30.3 Å². The Morgan fingerprint density at radius 3 is 2.62 bits per heavy atom. The molecule has 1 fully saturated rings. The van der Waals surface area contributed by atoms with Gasteiger partial charge in [-0.3, -0.25) is 4.79 Å². The van der Waals surface area contributed by atoms with E-state index in [1.54, 1.807) is 0 Å². The molecule has 0 radical (unpaired) electrons. The van der Waals surface area contributed by atoms with Crippen molar-refractivity contribution in [3.05, 3.63) is 30.3 Å². The Bertz CT molecular complexity index is 427. The zero-order valence-corrected chi connectivity index (χ0v) is 12.5. The van der Waals surface area contributed by atoms with E-state index in [4.69, 9.17) is 4.74 Å². The minimum Gasteiger partial charge on any atom is -0.494 e. The fourth-order valence-electron chi connectivity index (χ4n) is 2.83. The molecule has 1 aliphatic carbocycles. The van der Waals surface area contributed by atoms with Gasteiger partial charge in [0.25, 0.3) is 0 Å². The standard InChI is InChI=1S/C17H25NO3/c19-14-17(10-4-5-11-17)13-18-16(20)9-6-12-21-15-7-2-1-3-8-15/h1-3,7-8,19H,4-6,9-14H2,(H,18,20). The molecule has 0 spiro atoms. The van der Waals surface area contributed by atoms with Crippen molar-refractivity contribution >= 4 is 5.91 Å². The highest BCUT2D eigenvalue weighted by atomic mass is 16.5. The van der Waals surface area contributed by atoms with Gasteiger partial charge in [0.1, 0.15) is 5.75 Å². The number of ether oxygens (including phenoxy) is 1. The molecule has 21 heavy (non-hydrogen) atoms. The van der Waals surface area contributed by atoms with Crippen LogP contribution in [-0.2, 0) is 4.79 Å². The number of hydrogen-bond acceptors (Lipinski definition) is 3. The summed E-state index contributed by atoms with van der Waals surface area (Å²) >= 11 is 0. The Kier molecular flexibility index (Phi) is 6.05. The minimum atomic E-state index is -0.0732. The highest BCUT2D eigenvalue weighted by Crippen LogP contribution is 2.36. The van der Waals surface area contributed by atoms with Gasteiger partial charge in [0, 0.05) is 18.4 Å². The number of carbonyl (C=O) groups excluding carboxylic acids is 1. The van der Waals surface area contributed by atoms with Crippen molar-refractivity contribution < 1.29 is 14.6 Å². The maximum absolute atomic E-state index is 11.8. The molecule has 0 aliphatic heterocycles. The highest BCUT2D eigenvalue weighted by molar-refractivity contribution is 5.75. The first-order valence-corrected chi connectivity index (χ1v) is 7.80. The fraction of sp³-hybridized carbons (Fsp3) is 0.588. The number of para-hydroxylation sites is 1. The summed E-state index contributed by atoms with van der Waals surface area (Å²) in [6.07, 6.45) is 5.51. The number of aliphatic hydroxyl groups is 1. The average Bonchev–Trinajstić information content (AvgIpc) is 3.00. The summed E-state index contributed by atoms with van der Waals surface area (Å²) in [5.41, 5.74) is -0.0732. The molecule has 0 atom stereocenters. The van der Waals surface area contributed by atoms with Crippen LogP contribution < -0.4 is 10.1 Å². The van der Waals surface area contributed by atoms with E-state index < -0.39 is 0 Å². The van der Waals surface area contributed by atoms with Crippen molar-refractivity contribution in [3.63, 3.8) is 0 Å². The van der Waals surface area contributed by atoms with E-state index in [1.165, 1.54) is 0 Å². The molecule has 1 amide bonds. The average molecular weight is 291 g/mol. The normalized spacial score (nSPS) is 16.6. The Balaban J connectivity index is 1.59. The second kappa shape index (κ2) is 8.03. The van der Waals surface area contributed by atoms with Crippen LogP contribution in [0.2, 0.25) is 0 Å². The van der Waals surface area contributed by atoms with Gasteiger partial charge >= 0.3 is 0 Å². The molecule has 2 rings (SSSR count). The van der Waals surface area contributed by atoms with Gasteiger partial charge in [-0.2, -0.15) is 0 Å². The lowest BCUT2D eigenvalue weighted by Gasteiger charge is -2.26. The van der Waals surface area contributed by atoms with Gasteiger partial charge in [-0.05, 0) is 31.4 Å². The lowest BCUT2D eigenvalue weighted by molar-refractivity contribution is -0.122. The summed E-state index contributed by atoms with van der Waals surface area (Å²) in [4.78, 5) is 11.8. The molecule has 116 valence electrons. The lowest BCUT2D eigenvalue weighted by atomic mass is 9.87. The van der Waals surface area contributed by atoms with Gasteiger partial charge in [-0.25, -0.2) is 0 Å². The number of aliphatic hydroxyl groups excluding tert-OH is 1. The largest absolute Gasteiger partial charge is 0.494 e. The quantitative estimate of drug-likeness (QED) is 0.724. The van der Waals surface area contributed by atoms with E-state index in [-0.39, 0.29) is 17.9 Å².